The molecule has 7 heteroatoms. The van der Waals surface area contributed by atoms with E-state index in [4.69, 9.17) is 31.1 Å². The molecule has 0 saturated heterocycles. The largest absolute Gasteiger partial charge is 0.503 e. The predicted octanol–water partition coefficient (Wildman–Crippen LogP) is 2.15. The summed E-state index contributed by atoms with van der Waals surface area (Å²) in [4.78, 5) is 11.7. The molecular weight excluding hydrogens is 298 g/mol. The molecule has 0 heterocycles. The molecule has 0 saturated carbocycles. The van der Waals surface area contributed by atoms with E-state index < -0.39 is 5.97 Å². The second-order valence-corrected chi connectivity index (χ2v) is 4.26. The van der Waals surface area contributed by atoms with Gasteiger partial charge < -0.3 is 19.3 Å². The van der Waals surface area contributed by atoms with Crippen molar-refractivity contribution in [3.05, 3.63) is 28.3 Å². The lowest BCUT2D eigenvalue weighted by Gasteiger charge is -2.07. The first-order valence-corrected chi connectivity index (χ1v) is 6.25. The van der Waals surface area contributed by atoms with Gasteiger partial charge in [-0.3, -0.25) is 0 Å². The lowest BCUT2D eigenvalue weighted by atomic mass is 10.1. The maximum absolute atomic E-state index is 11.7. The van der Waals surface area contributed by atoms with Gasteiger partial charge >= 0.3 is 5.97 Å². The molecule has 0 atom stereocenters. The summed E-state index contributed by atoms with van der Waals surface area (Å²) >= 11 is 5.83. The van der Waals surface area contributed by atoms with Crippen LogP contribution in [0.25, 0.3) is 6.08 Å². The number of nitriles is 1. The van der Waals surface area contributed by atoms with Gasteiger partial charge in [-0.25, -0.2) is 4.79 Å². The first kappa shape index (κ1) is 16.8. The summed E-state index contributed by atoms with van der Waals surface area (Å²) in [5.41, 5.74) is 0.227. The Morgan fingerprint density at radius 2 is 2.14 bits per heavy atom. The second kappa shape index (κ2) is 8.15. The van der Waals surface area contributed by atoms with Crippen molar-refractivity contribution >= 4 is 23.6 Å². The van der Waals surface area contributed by atoms with Gasteiger partial charge in [0.05, 0.1) is 18.7 Å². The SMILES string of the molecule is COCCOC(=O)/C(C#N)=C/c1cc(Cl)c(O)c(OC)c1. The number of phenols is 1. The zero-order chi connectivity index (χ0) is 15.8. The highest BCUT2D eigenvalue weighted by molar-refractivity contribution is 6.32. The van der Waals surface area contributed by atoms with Crippen LogP contribution in [0, 0.1) is 11.3 Å². The third kappa shape index (κ3) is 4.67. The number of carbonyl (C=O) groups excluding carboxylic acids is 1. The van der Waals surface area contributed by atoms with E-state index in [0.717, 1.165) is 0 Å². The van der Waals surface area contributed by atoms with Crippen molar-refractivity contribution in [2.24, 2.45) is 0 Å². The molecule has 0 aliphatic rings. The number of hydrogen-bond donors (Lipinski definition) is 1. The van der Waals surface area contributed by atoms with Gasteiger partial charge in [0.1, 0.15) is 18.2 Å². The van der Waals surface area contributed by atoms with Crippen LogP contribution >= 0.6 is 11.6 Å². The monoisotopic (exact) mass is 311 g/mol. The minimum Gasteiger partial charge on any atom is -0.503 e. The fourth-order valence-electron chi connectivity index (χ4n) is 1.43. The van der Waals surface area contributed by atoms with Crippen LogP contribution in [0.15, 0.2) is 17.7 Å². The quantitative estimate of drug-likeness (QED) is 0.375. The number of aromatic hydroxyl groups is 1. The fourth-order valence-corrected chi connectivity index (χ4v) is 1.65. The Morgan fingerprint density at radius 3 is 2.71 bits per heavy atom. The predicted molar refractivity (Wildman–Crippen MR) is 76.1 cm³/mol. The minimum atomic E-state index is -0.766. The van der Waals surface area contributed by atoms with Gasteiger partial charge in [-0.15, -0.1) is 0 Å². The maximum atomic E-state index is 11.7. The topological polar surface area (TPSA) is 88.8 Å². The van der Waals surface area contributed by atoms with Crippen LogP contribution in [-0.4, -0.2) is 38.5 Å². The zero-order valence-corrected chi connectivity index (χ0v) is 12.3. The summed E-state index contributed by atoms with van der Waals surface area (Å²) < 4.78 is 14.5. The number of benzene rings is 1. The van der Waals surface area contributed by atoms with E-state index >= 15 is 0 Å². The molecule has 0 unspecified atom stereocenters. The number of rotatable bonds is 6. The Balaban J connectivity index is 3.01. The van der Waals surface area contributed by atoms with Crippen molar-refractivity contribution in [3.63, 3.8) is 0 Å². The van der Waals surface area contributed by atoms with E-state index in [1.54, 1.807) is 6.07 Å². The highest BCUT2D eigenvalue weighted by Gasteiger charge is 2.13. The third-order valence-electron chi connectivity index (χ3n) is 2.44. The van der Waals surface area contributed by atoms with Crippen molar-refractivity contribution < 1.29 is 24.1 Å². The average molecular weight is 312 g/mol. The summed E-state index contributed by atoms with van der Waals surface area (Å²) in [7, 11) is 2.84. The van der Waals surface area contributed by atoms with Crippen molar-refractivity contribution in [3.8, 4) is 17.6 Å². The van der Waals surface area contributed by atoms with E-state index in [-0.39, 0.29) is 35.3 Å². The molecule has 0 aliphatic carbocycles. The summed E-state index contributed by atoms with van der Waals surface area (Å²) in [6, 6.07) is 4.60. The fraction of sp³-hybridized carbons (Fsp3) is 0.286. The molecule has 0 fully saturated rings. The molecule has 0 amide bonds. The number of hydrogen-bond acceptors (Lipinski definition) is 6. The standard InChI is InChI=1S/C14H14ClNO5/c1-19-3-4-21-14(18)10(8-16)5-9-6-11(15)13(17)12(7-9)20-2/h5-7,17H,3-4H2,1-2H3/b10-5+. The summed E-state index contributed by atoms with van der Waals surface area (Å²) in [5.74, 6) is -0.839. The van der Waals surface area contributed by atoms with E-state index in [0.29, 0.717) is 5.56 Å². The molecule has 1 aromatic carbocycles. The Labute approximate surface area is 127 Å². The highest BCUT2D eigenvalue weighted by Crippen LogP contribution is 2.35. The lowest BCUT2D eigenvalue weighted by Crippen LogP contribution is -2.11. The van der Waals surface area contributed by atoms with Gasteiger partial charge in [-0.2, -0.15) is 5.26 Å². The summed E-state index contributed by atoms with van der Waals surface area (Å²) in [6.07, 6.45) is 1.29. The Morgan fingerprint density at radius 1 is 1.43 bits per heavy atom. The van der Waals surface area contributed by atoms with Crippen LogP contribution in [0.4, 0.5) is 0 Å². The van der Waals surface area contributed by atoms with Crippen LogP contribution < -0.4 is 4.74 Å². The number of phenolic OH excluding ortho intramolecular Hbond substituents is 1. The van der Waals surface area contributed by atoms with E-state index in [2.05, 4.69) is 0 Å². The number of carbonyl (C=O) groups is 1. The molecule has 0 bridgehead atoms. The molecule has 1 N–H and O–H groups in total. The number of nitrogens with zero attached hydrogens (tertiary/aromatic N) is 1. The van der Waals surface area contributed by atoms with Crippen LogP contribution in [0.5, 0.6) is 11.5 Å². The smallest absolute Gasteiger partial charge is 0.348 e. The molecule has 0 spiro atoms. The number of ether oxygens (including phenoxy) is 3. The van der Waals surface area contributed by atoms with Crippen LogP contribution in [0.3, 0.4) is 0 Å². The number of halogens is 1. The molecule has 0 aromatic heterocycles. The normalized spacial score (nSPS) is 10.9. The summed E-state index contributed by atoms with van der Waals surface area (Å²) in [5, 5.41) is 18.7. The van der Waals surface area contributed by atoms with Crippen LogP contribution in [-0.2, 0) is 14.3 Å². The van der Waals surface area contributed by atoms with Gasteiger partial charge in [0.2, 0.25) is 0 Å². The van der Waals surface area contributed by atoms with Gasteiger partial charge in [0.25, 0.3) is 0 Å². The molecule has 0 aliphatic heterocycles. The van der Waals surface area contributed by atoms with Gasteiger partial charge in [0, 0.05) is 7.11 Å². The third-order valence-corrected chi connectivity index (χ3v) is 2.73. The molecule has 0 radical (unpaired) electrons. The first-order chi connectivity index (χ1) is 10.0. The van der Waals surface area contributed by atoms with Crippen LogP contribution in [0.2, 0.25) is 5.02 Å². The number of methoxy groups -OCH3 is 2. The van der Waals surface area contributed by atoms with Crippen molar-refractivity contribution in [2.45, 2.75) is 0 Å². The Bertz CT molecular complexity index is 592. The zero-order valence-electron chi connectivity index (χ0n) is 11.6. The molecule has 1 rings (SSSR count). The molecular formula is C14H14ClNO5. The Hall–Kier alpha value is -2.23. The molecule has 112 valence electrons. The van der Waals surface area contributed by atoms with Crippen molar-refractivity contribution in [1.82, 2.24) is 0 Å². The Kier molecular flexibility index (Phi) is 6.53. The average Bonchev–Trinajstić information content (AvgIpc) is 2.48. The molecule has 1 aromatic rings. The van der Waals surface area contributed by atoms with Gasteiger partial charge in [0.15, 0.2) is 11.5 Å². The first-order valence-electron chi connectivity index (χ1n) is 5.87. The molecule has 6 nitrogen and oxygen atoms in total. The maximum Gasteiger partial charge on any atom is 0.348 e. The molecule has 21 heavy (non-hydrogen) atoms. The van der Waals surface area contributed by atoms with Crippen LogP contribution in [0.1, 0.15) is 5.56 Å². The minimum absolute atomic E-state index is 0.0469. The number of esters is 1. The van der Waals surface area contributed by atoms with E-state index in [9.17, 15) is 9.90 Å². The highest BCUT2D eigenvalue weighted by atomic mass is 35.5. The lowest BCUT2D eigenvalue weighted by molar-refractivity contribution is -0.139. The van der Waals surface area contributed by atoms with Gasteiger partial charge in [-0.1, -0.05) is 11.6 Å². The van der Waals surface area contributed by atoms with Crippen molar-refractivity contribution in [2.75, 3.05) is 27.4 Å². The van der Waals surface area contributed by atoms with Gasteiger partial charge in [-0.05, 0) is 23.8 Å². The van der Waals surface area contributed by atoms with E-state index in [1.165, 1.54) is 32.4 Å². The van der Waals surface area contributed by atoms with E-state index in [1.807, 2.05) is 0 Å². The van der Waals surface area contributed by atoms with Crippen molar-refractivity contribution in [1.29, 1.82) is 5.26 Å². The summed E-state index contributed by atoms with van der Waals surface area (Å²) in [6.45, 7) is 0.289. The second-order valence-electron chi connectivity index (χ2n) is 3.85.